The lowest BCUT2D eigenvalue weighted by Gasteiger charge is -2.10. The second-order valence-electron chi connectivity index (χ2n) is 4.11. The molecule has 2 rings (SSSR count). The summed E-state index contributed by atoms with van der Waals surface area (Å²) in [4.78, 5) is 0. The van der Waals surface area contributed by atoms with Crippen LogP contribution in [-0.2, 0) is 6.42 Å². The average Bonchev–Trinajstić information content (AvgIpc) is 2.86. The van der Waals surface area contributed by atoms with Crippen LogP contribution in [-0.4, -0.2) is 15.8 Å². The van der Waals surface area contributed by atoms with Crippen LogP contribution in [0.1, 0.15) is 24.0 Å². The molecule has 1 aromatic carbocycles. The fraction of sp³-hybridized carbons (Fsp3) is 0.455. The van der Waals surface area contributed by atoms with Crippen molar-refractivity contribution in [2.24, 2.45) is 0 Å². The van der Waals surface area contributed by atoms with E-state index in [1.54, 1.807) is 19.1 Å². The maximum Gasteiger partial charge on any atom is 0.167 e. The molecule has 0 aliphatic heterocycles. The molecule has 0 atom stereocenters. The Balaban J connectivity index is 2.30. The summed E-state index contributed by atoms with van der Waals surface area (Å²) in [5.74, 6) is -0.892. The van der Waals surface area contributed by atoms with Crippen LogP contribution in [0.4, 0.5) is 4.39 Å². The van der Waals surface area contributed by atoms with Gasteiger partial charge >= 0.3 is 0 Å². The normalized spacial score (nSPS) is 18.2. The zero-order valence-corrected chi connectivity index (χ0v) is 8.05. The molecule has 1 aromatic rings. The Bertz CT molecular complexity index is 370. The Kier molecular flexibility index (Phi) is 2.00. The Labute approximate surface area is 82.0 Å². The van der Waals surface area contributed by atoms with E-state index in [4.69, 9.17) is 0 Å². The van der Waals surface area contributed by atoms with E-state index in [2.05, 4.69) is 0 Å². The minimum absolute atomic E-state index is 0.315. The largest absolute Gasteiger partial charge is 0.505 e. The average molecular weight is 196 g/mol. The molecule has 0 radical (unpaired) electrons. The maximum atomic E-state index is 13.3. The molecule has 14 heavy (non-hydrogen) atoms. The van der Waals surface area contributed by atoms with Crippen LogP contribution in [0.3, 0.4) is 0 Å². The van der Waals surface area contributed by atoms with E-state index < -0.39 is 11.4 Å². The molecule has 0 saturated heterocycles. The number of phenols is 1. The monoisotopic (exact) mass is 196 g/mol. The van der Waals surface area contributed by atoms with Crippen LogP contribution >= 0.6 is 0 Å². The lowest BCUT2D eigenvalue weighted by molar-refractivity contribution is 0.149. The van der Waals surface area contributed by atoms with Gasteiger partial charge in [0, 0.05) is 6.42 Å². The van der Waals surface area contributed by atoms with Gasteiger partial charge in [0.05, 0.1) is 5.60 Å². The third-order valence-corrected chi connectivity index (χ3v) is 2.74. The van der Waals surface area contributed by atoms with E-state index in [1.165, 1.54) is 0 Å². The predicted molar refractivity (Wildman–Crippen MR) is 50.7 cm³/mol. The molecule has 0 bridgehead atoms. The van der Waals surface area contributed by atoms with Gasteiger partial charge in [0.2, 0.25) is 0 Å². The van der Waals surface area contributed by atoms with Gasteiger partial charge in [-0.2, -0.15) is 0 Å². The van der Waals surface area contributed by atoms with Gasteiger partial charge in [0.15, 0.2) is 11.6 Å². The molecule has 2 N–H and O–H groups in total. The van der Waals surface area contributed by atoms with Crippen molar-refractivity contribution in [1.29, 1.82) is 0 Å². The number of aliphatic hydroxyl groups is 1. The number of aryl methyl sites for hydroxylation is 1. The number of hydrogen-bond donors (Lipinski definition) is 2. The molecule has 0 heterocycles. The zero-order chi connectivity index (χ0) is 10.3. The standard InChI is InChI=1S/C11H13FO2/c1-7-2-3-8(10(13)9(7)12)6-11(14)4-5-11/h2-3,13-14H,4-6H2,1H3. The molecular formula is C11H13FO2. The van der Waals surface area contributed by atoms with Gasteiger partial charge in [-0.1, -0.05) is 12.1 Å². The first kappa shape index (κ1) is 9.46. The summed E-state index contributed by atoms with van der Waals surface area (Å²) in [6, 6.07) is 3.29. The Morgan fingerprint density at radius 2 is 2.07 bits per heavy atom. The second-order valence-corrected chi connectivity index (χ2v) is 4.11. The number of halogens is 1. The molecule has 0 unspecified atom stereocenters. The molecule has 3 heteroatoms. The van der Waals surface area contributed by atoms with Crippen LogP contribution < -0.4 is 0 Å². The van der Waals surface area contributed by atoms with E-state index >= 15 is 0 Å². The fourth-order valence-electron chi connectivity index (χ4n) is 1.52. The van der Waals surface area contributed by atoms with E-state index in [0.717, 1.165) is 12.8 Å². The van der Waals surface area contributed by atoms with Crippen LogP contribution in [0.5, 0.6) is 5.75 Å². The first-order chi connectivity index (χ1) is 6.52. The molecule has 1 aliphatic rings. The summed E-state index contributed by atoms with van der Waals surface area (Å²) in [5, 5.41) is 19.1. The van der Waals surface area contributed by atoms with Gasteiger partial charge in [-0.25, -0.2) is 4.39 Å². The van der Waals surface area contributed by atoms with Gasteiger partial charge < -0.3 is 10.2 Å². The summed E-state index contributed by atoms with van der Waals surface area (Å²) in [6.45, 7) is 1.60. The summed E-state index contributed by atoms with van der Waals surface area (Å²) in [5.41, 5.74) is 0.223. The molecule has 1 saturated carbocycles. The third kappa shape index (κ3) is 1.60. The Morgan fingerprint density at radius 3 is 2.64 bits per heavy atom. The zero-order valence-electron chi connectivity index (χ0n) is 8.05. The highest BCUT2D eigenvalue weighted by atomic mass is 19.1. The summed E-state index contributed by atoms with van der Waals surface area (Å²) < 4.78 is 13.3. The van der Waals surface area contributed by atoms with E-state index in [-0.39, 0.29) is 5.75 Å². The number of rotatable bonds is 2. The van der Waals surface area contributed by atoms with Gasteiger partial charge in [-0.15, -0.1) is 0 Å². The topological polar surface area (TPSA) is 40.5 Å². The first-order valence-electron chi connectivity index (χ1n) is 4.71. The van der Waals surface area contributed by atoms with Crippen molar-refractivity contribution in [3.63, 3.8) is 0 Å². The molecule has 0 amide bonds. The highest BCUT2D eigenvalue weighted by Gasteiger charge is 2.40. The molecule has 1 aliphatic carbocycles. The molecule has 1 fully saturated rings. The van der Waals surface area contributed by atoms with Gasteiger partial charge in [-0.3, -0.25) is 0 Å². The van der Waals surface area contributed by atoms with Crippen molar-refractivity contribution in [1.82, 2.24) is 0 Å². The van der Waals surface area contributed by atoms with E-state index in [0.29, 0.717) is 17.5 Å². The van der Waals surface area contributed by atoms with Gasteiger partial charge in [0.1, 0.15) is 0 Å². The third-order valence-electron chi connectivity index (χ3n) is 2.74. The SMILES string of the molecule is Cc1ccc(CC2(O)CC2)c(O)c1F. The summed E-state index contributed by atoms with van der Waals surface area (Å²) in [7, 11) is 0. The summed E-state index contributed by atoms with van der Waals surface area (Å²) >= 11 is 0. The van der Waals surface area contributed by atoms with Crippen molar-refractivity contribution in [3.8, 4) is 5.75 Å². The van der Waals surface area contributed by atoms with Crippen LogP contribution in [0.25, 0.3) is 0 Å². The molecule has 0 aromatic heterocycles. The van der Waals surface area contributed by atoms with Crippen molar-refractivity contribution in [3.05, 3.63) is 29.1 Å². The predicted octanol–water partition coefficient (Wildman–Crippen LogP) is 1.91. The minimum Gasteiger partial charge on any atom is -0.505 e. The van der Waals surface area contributed by atoms with Crippen molar-refractivity contribution in [2.45, 2.75) is 31.8 Å². The number of phenolic OH excluding ortho intramolecular Hbond substituents is 1. The first-order valence-corrected chi connectivity index (χ1v) is 4.71. The Morgan fingerprint density at radius 1 is 1.43 bits per heavy atom. The number of benzene rings is 1. The minimum atomic E-state index is -0.695. The van der Waals surface area contributed by atoms with E-state index in [9.17, 15) is 14.6 Å². The van der Waals surface area contributed by atoms with Crippen LogP contribution in [0.2, 0.25) is 0 Å². The number of hydrogen-bond acceptors (Lipinski definition) is 2. The number of aromatic hydroxyl groups is 1. The van der Waals surface area contributed by atoms with Gasteiger partial charge in [-0.05, 0) is 30.9 Å². The van der Waals surface area contributed by atoms with Crippen molar-refractivity contribution < 1.29 is 14.6 Å². The van der Waals surface area contributed by atoms with Crippen molar-refractivity contribution in [2.75, 3.05) is 0 Å². The molecule has 2 nitrogen and oxygen atoms in total. The van der Waals surface area contributed by atoms with Crippen molar-refractivity contribution >= 4 is 0 Å². The molecule has 76 valence electrons. The highest BCUT2D eigenvalue weighted by molar-refractivity contribution is 5.39. The fourth-order valence-corrected chi connectivity index (χ4v) is 1.52. The lowest BCUT2D eigenvalue weighted by Crippen LogP contribution is -2.11. The lowest BCUT2D eigenvalue weighted by atomic mass is 10.0. The highest BCUT2D eigenvalue weighted by Crippen LogP contribution is 2.40. The summed E-state index contributed by atoms with van der Waals surface area (Å²) in [6.07, 6.45) is 1.82. The van der Waals surface area contributed by atoms with Gasteiger partial charge in [0.25, 0.3) is 0 Å². The Hall–Kier alpha value is -1.09. The quantitative estimate of drug-likeness (QED) is 0.758. The molecular weight excluding hydrogens is 183 g/mol. The molecule has 0 spiro atoms. The maximum absolute atomic E-state index is 13.3. The van der Waals surface area contributed by atoms with Crippen LogP contribution in [0, 0.1) is 12.7 Å². The van der Waals surface area contributed by atoms with Crippen LogP contribution in [0.15, 0.2) is 12.1 Å². The second kappa shape index (κ2) is 2.95. The smallest absolute Gasteiger partial charge is 0.167 e. The van der Waals surface area contributed by atoms with E-state index in [1.807, 2.05) is 0 Å².